The lowest BCUT2D eigenvalue weighted by atomic mass is 10.3. The Hall–Kier alpha value is -1.90. The number of anilines is 1. The molecule has 2 aromatic rings. The van der Waals surface area contributed by atoms with Gasteiger partial charge in [0.05, 0.1) is 5.69 Å². The van der Waals surface area contributed by atoms with Gasteiger partial charge in [0.2, 0.25) is 0 Å². The summed E-state index contributed by atoms with van der Waals surface area (Å²) in [6.45, 7) is 2.97. The van der Waals surface area contributed by atoms with E-state index in [1.807, 2.05) is 0 Å². The summed E-state index contributed by atoms with van der Waals surface area (Å²) in [5.74, 6) is -0.0741. The van der Waals surface area contributed by atoms with Crippen LogP contribution in [-0.4, -0.2) is 16.0 Å². The highest BCUT2D eigenvalue weighted by molar-refractivity contribution is 7.14. The molecule has 0 fully saturated rings. The second-order valence-electron chi connectivity index (χ2n) is 3.71. The number of carbonyl (C=O) groups is 1. The van der Waals surface area contributed by atoms with E-state index in [9.17, 15) is 18.0 Å². The molecule has 0 aliphatic carbocycles. The maximum atomic E-state index is 12.5. The summed E-state index contributed by atoms with van der Waals surface area (Å²) in [4.78, 5) is 15.0. The van der Waals surface area contributed by atoms with Crippen molar-refractivity contribution in [2.45, 2.75) is 20.0 Å². The zero-order valence-electron chi connectivity index (χ0n) is 9.83. The van der Waals surface area contributed by atoms with Gasteiger partial charge < -0.3 is 9.84 Å². The molecule has 0 aliphatic rings. The highest BCUT2D eigenvalue weighted by Crippen LogP contribution is 2.34. The molecule has 0 spiro atoms. The first kappa shape index (κ1) is 13.5. The van der Waals surface area contributed by atoms with Crippen LogP contribution in [0.1, 0.15) is 26.1 Å². The van der Waals surface area contributed by atoms with Gasteiger partial charge in [-0.25, -0.2) is 4.98 Å². The van der Waals surface area contributed by atoms with E-state index in [0.29, 0.717) is 17.1 Å². The van der Waals surface area contributed by atoms with E-state index < -0.39 is 17.1 Å². The van der Waals surface area contributed by atoms with Gasteiger partial charge in [-0.2, -0.15) is 13.2 Å². The normalized spacial score (nSPS) is 11.6. The van der Waals surface area contributed by atoms with Gasteiger partial charge in [0, 0.05) is 6.07 Å². The van der Waals surface area contributed by atoms with Crippen LogP contribution in [0, 0.1) is 13.8 Å². The van der Waals surface area contributed by atoms with Gasteiger partial charge in [0.25, 0.3) is 5.91 Å². The molecule has 2 rings (SSSR count). The number of aromatic nitrogens is 2. The number of amides is 1. The lowest BCUT2D eigenvalue weighted by molar-refractivity contribution is -0.137. The van der Waals surface area contributed by atoms with E-state index in [0.717, 1.165) is 0 Å². The number of rotatable bonds is 2. The van der Waals surface area contributed by atoms with Gasteiger partial charge in [-0.15, -0.1) is 11.3 Å². The van der Waals surface area contributed by atoms with E-state index in [-0.39, 0.29) is 16.4 Å². The van der Waals surface area contributed by atoms with Crippen molar-refractivity contribution < 1.29 is 22.5 Å². The van der Waals surface area contributed by atoms with Crippen LogP contribution in [0.2, 0.25) is 0 Å². The quantitative estimate of drug-likeness (QED) is 0.923. The third kappa shape index (κ3) is 2.92. The van der Waals surface area contributed by atoms with Crippen LogP contribution in [-0.2, 0) is 6.18 Å². The minimum absolute atomic E-state index is 0.0232. The van der Waals surface area contributed by atoms with Crippen molar-refractivity contribution in [1.82, 2.24) is 10.1 Å². The molecule has 0 radical (unpaired) electrons. The largest absolute Gasteiger partial charge is 0.443 e. The molecule has 2 aromatic heterocycles. The van der Waals surface area contributed by atoms with Gasteiger partial charge in [-0.1, -0.05) is 5.16 Å². The van der Waals surface area contributed by atoms with Gasteiger partial charge in [0.1, 0.15) is 10.6 Å². The highest BCUT2D eigenvalue weighted by atomic mass is 32.1. The molecule has 5 nitrogen and oxygen atoms in total. The van der Waals surface area contributed by atoms with E-state index in [1.54, 1.807) is 6.92 Å². The molecule has 0 saturated carbocycles. The van der Waals surface area contributed by atoms with Crippen molar-refractivity contribution in [2.75, 3.05) is 5.32 Å². The zero-order valence-corrected chi connectivity index (χ0v) is 10.6. The molecular formula is C10H8F3N3O2S. The first-order chi connectivity index (χ1) is 8.77. The van der Waals surface area contributed by atoms with Crippen LogP contribution in [0.5, 0.6) is 0 Å². The van der Waals surface area contributed by atoms with E-state index >= 15 is 0 Å². The minimum atomic E-state index is -4.56. The number of alkyl halides is 3. The summed E-state index contributed by atoms with van der Waals surface area (Å²) >= 11 is 0.294. The first-order valence-corrected chi connectivity index (χ1v) is 5.88. The Bertz CT molecular complexity index is 618. The predicted molar refractivity (Wildman–Crippen MR) is 61.0 cm³/mol. The smallest absolute Gasteiger partial charge is 0.360 e. The van der Waals surface area contributed by atoms with Crippen LogP contribution >= 0.6 is 11.3 Å². The SMILES string of the molecule is Cc1cc(NC(=O)c2sc(C(F)(F)F)nc2C)no1. The number of thiazole rings is 1. The molecular weight excluding hydrogens is 283 g/mol. The molecule has 0 aromatic carbocycles. The van der Waals surface area contributed by atoms with Crippen molar-refractivity contribution in [2.24, 2.45) is 0 Å². The Morgan fingerprint density at radius 3 is 2.58 bits per heavy atom. The Morgan fingerprint density at radius 2 is 2.11 bits per heavy atom. The molecule has 0 aliphatic heterocycles. The van der Waals surface area contributed by atoms with Crippen molar-refractivity contribution in [3.05, 3.63) is 27.4 Å². The Labute approximate surface area is 109 Å². The van der Waals surface area contributed by atoms with Crippen molar-refractivity contribution >= 4 is 23.1 Å². The lowest BCUT2D eigenvalue weighted by Gasteiger charge is -1.99. The number of hydrogen-bond donors (Lipinski definition) is 1. The van der Waals surface area contributed by atoms with Crippen LogP contribution < -0.4 is 5.32 Å². The summed E-state index contributed by atoms with van der Waals surface area (Å²) in [6.07, 6.45) is -4.56. The summed E-state index contributed by atoms with van der Waals surface area (Å²) < 4.78 is 42.1. The molecule has 0 atom stereocenters. The fourth-order valence-electron chi connectivity index (χ4n) is 1.33. The van der Waals surface area contributed by atoms with Gasteiger partial charge in [0.15, 0.2) is 10.8 Å². The van der Waals surface area contributed by atoms with E-state index in [2.05, 4.69) is 15.5 Å². The van der Waals surface area contributed by atoms with Crippen LogP contribution in [0.4, 0.5) is 19.0 Å². The predicted octanol–water partition coefficient (Wildman–Crippen LogP) is 3.02. The fourth-order valence-corrected chi connectivity index (χ4v) is 2.16. The molecule has 102 valence electrons. The number of carbonyl (C=O) groups excluding carboxylic acids is 1. The highest BCUT2D eigenvalue weighted by Gasteiger charge is 2.36. The number of nitrogens with one attached hydrogen (secondary N) is 1. The minimum Gasteiger partial charge on any atom is -0.360 e. The fraction of sp³-hybridized carbons (Fsp3) is 0.300. The van der Waals surface area contributed by atoms with Crippen LogP contribution in [0.3, 0.4) is 0 Å². The zero-order chi connectivity index (χ0) is 14.2. The summed E-state index contributed by atoms with van der Waals surface area (Å²) in [7, 11) is 0. The Morgan fingerprint density at radius 1 is 1.42 bits per heavy atom. The lowest BCUT2D eigenvalue weighted by Crippen LogP contribution is -2.11. The monoisotopic (exact) mass is 291 g/mol. The summed E-state index contributed by atoms with van der Waals surface area (Å²) in [6, 6.07) is 1.46. The average molecular weight is 291 g/mol. The molecule has 1 amide bonds. The second-order valence-corrected chi connectivity index (χ2v) is 4.71. The first-order valence-electron chi connectivity index (χ1n) is 5.06. The number of halogens is 3. The van der Waals surface area contributed by atoms with Crippen LogP contribution in [0.15, 0.2) is 10.6 Å². The number of hydrogen-bond acceptors (Lipinski definition) is 5. The topological polar surface area (TPSA) is 68.0 Å². The molecule has 1 N–H and O–H groups in total. The number of nitrogens with zero attached hydrogens (tertiary/aromatic N) is 2. The van der Waals surface area contributed by atoms with Crippen molar-refractivity contribution in [1.29, 1.82) is 0 Å². The van der Waals surface area contributed by atoms with Gasteiger partial charge >= 0.3 is 6.18 Å². The second kappa shape index (κ2) is 4.65. The average Bonchev–Trinajstić information content (AvgIpc) is 2.84. The molecule has 0 bridgehead atoms. The van der Waals surface area contributed by atoms with Crippen molar-refractivity contribution in [3.8, 4) is 0 Å². The Kier molecular flexibility index (Phi) is 3.31. The van der Waals surface area contributed by atoms with Crippen LogP contribution in [0.25, 0.3) is 0 Å². The maximum absolute atomic E-state index is 12.5. The van der Waals surface area contributed by atoms with Crippen molar-refractivity contribution in [3.63, 3.8) is 0 Å². The molecule has 0 saturated heterocycles. The summed E-state index contributed by atoms with van der Waals surface area (Å²) in [5.41, 5.74) is 0.0232. The molecule has 9 heteroatoms. The molecule has 19 heavy (non-hydrogen) atoms. The molecule has 0 unspecified atom stereocenters. The third-order valence-corrected chi connectivity index (χ3v) is 3.32. The van der Waals surface area contributed by atoms with Gasteiger partial charge in [-0.05, 0) is 13.8 Å². The standard InChI is InChI=1S/C10H8F3N3O2S/c1-4-3-6(16-18-4)15-8(17)7-5(2)14-9(19-7)10(11,12)13/h3H,1-2H3,(H,15,16,17). The molecule has 2 heterocycles. The third-order valence-electron chi connectivity index (χ3n) is 2.11. The van der Waals surface area contributed by atoms with Gasteiger partial charge in [-0.3, -0.25) is 4.79 Å². The van der Waals surface area contributed by atoms with E-state index in [1.165, 1.54) is 13.0 Å². The summed E-state index contributed by atoms with van der Waals surface area (Å²) in [5, 5.41) is 4.82. The Balaban J connectivity index is 2.22. The maximum Gasteiger partial charge on any atom is 0.443 e. The van der Waals surface area contributed by atoms with E-state index in [4.69, 9.17) is 4.52 Å². The number of aryl methyl sites for hydroxylation is 2.